The molecular weight excluding hydrogens is 651 g/mol. The van der Waals surface area contributed by atoms with Crippen LogP contribution in [0.25, 0.3) is 0 Å². The van der Waals surface area contributed by atoms with E-state index in [1.54, 1.807) is 6.07 Å². The highest BCUT2D eigenvalue weighted by Gasteiger charge is 2.54. The van der Waals surface area contributed by atoms with Crippen molar-refractivity contribution in [1.29, 1.82) is 5.26 Å². The average molecular weight is 672 g/mol. The number of alkyl halides is 6. The van der Waals surface area contributed by atoms with Gasteiger partial charge in [0.15, 0.2) is 11.6 Å². The summed E-state index contributed by atoms with van der Waals surface area (Å²) in [7, 11) is 0. The predicted molar refractivity (Wildman–Crippen MR) is 145 cm³/mol. The predicted octanol–water partition coefficient (Wildman–Crippen LogP) is 8.12. The molecule has 0 aliphatic heterocycles. The molecule has 2 amide bonds. The number of nitrogens with zero attached hydrogens (tertiary/aromatic N) is 2. The number of halogens is 8. The topological polar surface area (TPSA) is 82.4 Å². The zero-order valence-corrected chi connectivity index (χ0v) is 23.7. The highest BCUT2D eigenvalue weighted by Crippen LogP contribution is 2.46. The number of amides is 2. The van der Waals surface area contributed by atoms with Crippen LogP contribution in [-0.4, -0.2) is 31.1 Å². The largest absolute Gasteiger partial charge is 0.433 e. The summed E-state index contributed by atoms with van der Waals surface area (Å²) < 4.78 is 100. The van der Waals surface area contributed by atoms with Gasteiger partial charge in [-0.25, -0.2) is 8.78 Å². The van der Waals surface area contributed by atoms with Crippen molar-refractivity contribution in [2.75, 3.05) is 16.8 Å². The highest BCUT2D eigenvalue weighted by atomic mass is 79.9. The van der Waals surface area contributed by atoms with E-state index in [0.717, 1.165) is 23.8 Å². The normalized spacial score (nSPS) is 14.5. The second-order valence-corrected chi connectivity index (χ2v) is 10.7. The minimum atomic E-state index is -5.42. The number of rotatable bonds is 9. The number of ether oxygens (including phenoxy) is 1. The molecule has 1 unspecified atom stereocenters. The fourth-order valence-corrected chi connectivity index (χ4v) is 4.71. The Kier molecular flexibility index (Phi) is 9.05. The number of hydrogen-bond donors (Lipinski definition) is 1. The van der Waals surface area contributed by atoms with Gasteiger partial charge in [-0.15, -0.1) is 0 Å². The number of nitrogens with one attached hydrogen (secondary N) is 1. The molecule has 6 nitrogen and oxygen atoms in total. The van der Waals surface area contributed by atoms with Gasteiger partial charge in [-0.1, -0.05) is 18.2 Å². The Morgan fingerprint density at radius 3 is 2.35 bits per heavy atom. The van der Waals surface area contributed by atoms with Crippen molar-refractivity contribution in [2.24, 2.45) is 5.92 Å². The van der Waals surface area contributed by atoms with Gasteiger partial charge in [0.25, 0.3) is 11.8 Å². The maximum absolute atomic E-state index is 15.9. The van der Waals surface area contributed by atoms with E-state index in [2.05, 4.69) is 26.0 Å². The molecule has 1 fully saturated rings. The first-order valence-electron chi connectivity index (χ1n) is 12.6. The summed E-state index contributed by atoms with van der Waals surface area (Å²) in [6, 6.07) is 12.4. The van der Waals surface area contributed by atoms with Crippen molar-refractivity contribution in [3.05, 3.63) is 87.1 Å². The number of benzene rings is 3. The molecule has 3 aromatic carbocycles. The molecular formula is C29H21BrF7N3O3. The molecule has 0 spiro atoms. The van der Waals surface area contributed by atoms with Crippen molar-refractivity contribution in [2.45, 2.75) is 38.2 Å². The van der Waals surface area contributed by atoms with Crippen molar-refractivity contribution in [3.8, 4) is 11.8 Å². The van der Waals surface area contributed by atoms with E-state index in [9.17, 15) is 41.2 Å². The fourth-order valence-electron chi connectivity index (χ4n) is 4.17. The molecule has 43 heavy (non-hydrogen) atoms. The van der Waals surface area contributed by atoms with Crippen LogP contribution in [0.1, 0.15) is 51.6 Å². The summed E-state index contributed by atoms with van der Waals surface area (Å²) >= 11 is 2.85. The Morgan fingerprint density at radius 2 is 1.74 bits per heavy atom. The third-order valence-corrected chi connectivity index (χ3v) is 7.38. The molecule has 1 saturated carbocycles. The van der Waals surface area contributed by atoms with Crippen molar-refractivity contribution in [3.63, 3.8) is 0 Å². The lowest BCUT2D eigenvalue weighted by Crippen LogP contribution is -2.35. The molecule has 0 aromatic heterocycles. The van der Waals surface area contributed by atoms with E-state index in [1.807, 2.05) is 6.07 Å². The van der Waals surface area contributed by atoms with E-state index in [4.69, 9.17) is 0 Å². The first-order chi connectivity index (χ1) is 20.2. The number of nitriles is 1. The molecule has 0 heterocycles. The van der Waals surface area contributed by atoms with Crippen molar-refractivity contribution in [1.82, 2.24) is 0 Å². The Bertz CT molecular complexity index is 1600. The van der Waals surface area contributed by atoms with Crippen LogP contribution in [-0.2, 0) is 5.67 Å². The average Bonchev–Trinajstić information content (AvgIpc) is 3.76. The van der Waals surface area contributed by atoms with Crippen LogP contribution in [0.5, 0.6) is 5.75 Å². The summed E-state index contributed by atoms with van der Waals surface area (Å²) in [6.07, 6.45) is -3.87. The molecule has 0 radical (unpaired) electrons. The maximum Gasteiger partial charge on any atom is 0.426 e. The monoisotopic (exact) mass is 671 g/mol. The minimum Gasteiger partial charge on any atom is -0.433 e. The molecule has 3 aromatic rings. The van der Waals surface area contributed by atoms with Gasteiger partial charge in [0.05, 0.1) is 34.1 Å². The lowest BCUT2D eigenvalue weighted by atomic mass is 9.96. The molecule has 226 valence electrons. The maximum atomic E-state index is 15.9. The van der Waals surface area contributed by atoms with Gasteiger partial charge in [-0.2, -0.15) is 27.2 Å². The lowest BCUT2D eigenvalue weighted by molar-refractivity contribution is -0.228. The summed E-state index contributed by atoms with van der Waals surface area (Å²) in [5, 5.41) is 11.6. The zero-order valence-electron chi connectivity index (χ0n) is 22.1. The van der Waals surface area contributed by atoms with E-state index in [0.29, 0.717) is 12.1 Å². The van der Waals surface area contributed by atoms with Crippen LogP contribution in [0, 0.1) is 23.1 Å². The second kappa shape index (κ2) is 12.2. The van der Waals surface area contributed by atoms with E-state index >= 15 is 4.39 Å². The first-order valence-corrected chi connectivity index (χ1v) is 13.4. The molecule has 0 bridgehead atoms. The quantitative estimate of drug-likeness (QED) is 0.233. The van der Waals surface area contributed by atoms with Gasteiger partial charge >= 0.3 is 12.8 Å². The van der Waals surface area contributed by atoms with Crippen molar-refractivity contribution >= 4 is 39.1 Å². The Morgan fingerprint density at radius 1 is 1.09 bits per heavy atom. The Balaban J connectivity index is 1.73. The smallest absolute Gasteiger partial charge is 0.426 e. The first kappa shape index (κ1) is 31.8. The van der Waals surface area contributed by atoms with Gasteiger partial charge in [0.1, 0.15) is 0 Å². The molecule has 0 saturated heterocycles. The van der Waals surface area contributed by atoms with Crippen LogP contribution in [0.2, 0.25) is 0 Å². The van der Waals surface area contributed by atoms with Gasteiger partial charge in [0.2, 0.25) is 5.67 Å². The summed E-state index contributed by atoms with van der Waals surface area (Å²) in [5.41, 5.74) is -6.57. The molecule has 1 atom stereocenters. The van der Waals surface area contributed by atoms with Crippen LogP contribution in [0.3, 0.4) is 0 Å². The Labute approximate surface area is 249 Å². The summed E-state index contributed by atoms with van der Waals surface area (Å²) in [6.45, 7) is -3.31. The second-order valence-electron chi connectivity index (χ2n) is 9.82. The highest BCUT2D eigenvalue weighted by molar-refractivity contribution is 9.10. The number of hydrogen-bond acceptors (Lipinski definition) is 4. The zero-order chi connectivity index (χ0) is 31.7. The molecule has 1 aliphatic rings. The standard InChI is InChI=1S/C29H21BrF7N3O3/c1-28(34,29(35,36)37)17-11-20(30)24(22(12-17)43-27(32)33)39-25(41)19-7-4-8-21(23(19)31)40(14-15-9-10-15)26(42)18-6-3-2-5-16(18)13-38/h2-8,11-12,15,27H,9-10,14H2,1H3,(H,39,41). The molecule has 4 rings (SSSR count). The number of anilines is 2. The van der Waals surface area contributed by atoms with Gasteiger partial charge in [0, 0.05) is 16.6 Å². The van der Waals surface area contributed by atoms with E-state index in [1.165, 1.54) is 30.3 Å². The van der Waals surface area contributed by atoms with Crippen LogP contribution in [0.4, 0.5) is 42.1 Å². The molecule has 1 aliphatic carbocycles. The lowest BCUT2D eigenvalue weighted by Gasteiger charge is -2.26. The SMILES string of the molecule is CC(F)(c1cc(Br)c(NC(=O)c2cccc(N(CC3CC3)C(=O)c3ccccc3C#N)c2F)c(OC(F)F)c1)C(F)(F)F. The van der Waals surface area contributed by atoms with Crippen LogP contribution in [0.15, 0.2) is 59.1 Å². The number of carbonyl (C=O) groups is 2. The van der Waals surface area contributed by atoms with Crippen molar-refractivity contribution < 1.29 is 45.1 Å². The van der Waals surface area contributed by atoms with Gasteiger partial charge < -0.3 is 15.0 Å². The summed E-state index contributed by atoms with van der Waals surface area (Å²) in [5.74, 6) is -4.05. The summed E-state index contributed by atoms with van der Waals surface area (Å²) in [4.78, 5) is 27.8. The Hall–Kier alpha value is -4.12. The molecule has 14 heteroatoms. The minimum absolute atomic E-state index is 0.0106. The fraction of sp³-hybridized carbons (Fsp3) is 0.276. The number of carbonyl (C=O) groups excluding carboxylic acids is 2. The van der Waals surface area contributed by atoms with Gasteiger partial charge in [-0.05, 0) is 78.0 Å². The van der Waals surface area contributed by atoms with E-state index in [-0.39, 0.29) is 36.2 Å². The third kappa shape index (κ3) is 6.77. The van der Waals surface area contributed by atoms with E-state index < -0.39 is 63.1 Å². The molecule has 1 N–H and O–H groups in total. The van der Waals surface area contributed by atoms with Crippen LogP contribution < -0.4 is 15.0 Å². The van der Waals surface area contributed by atoms with Gasteiger partial charge in [-0.3, -0.25) is 9.59 Å². The third-order valence-electron chi connectivity index (χ3n) is 6.76. The van der Waals surface area contributed by atoms with Crippen LogP contribution >= 0.6 is 15.9 Å².